The van der Waals surface area contributed by atoms with E-state index < -0.39 is 39.8 Å². The van der Waals surface area contributed by atoms with Gasteiger partial charge in [0.05, 0.1) is 23.2 Å². The van der Waals surface area contributed by atoms with Crippen LogP contribution in [0.2, 0.25) is 0 Å². The smallest absolute Gasteiger partial charge is 0.323 e. The number of nitrogens with two attached hydrogens (primary N) is 2. The molecule has 12 nitrogen and oxygen atoms in total. The number of aromatic nitrogens is 2. The quantitative estimate of drug-likeness (QED) is 0.160. The van der Waals surface area contributed by atoms with Crippen LogP contribution in [0.3, 0.4) is 0 Å². The molecule has 168 valence electrons. The molecule has 0 fully saturated rings. The Morgan fingerprint density at radius 3 is 2.42 bits per heavy atom. The minimum atomic E-state index is -3.78. The molecule has 0 spiro atoms. The first-order valence-electron chi connectivity index (χ1n) is 8.92. The number of carbonyl (C=O) groups is 2. The van der Waals surface area contributed by atoms with E-state index in [9.17, 15) is 23.1 Å². The van der Waals surface area contributed by atoms with E-state index in [-0.39, 0.29) is 22.2 Å². The first-order chi connectivity index (χ1) is 14.5. The van der Waals surface area contributed by atoms with Crippen LogP contribution in [0.25, 0.3) is 0 Å². The molecular weight excluding hydrogens is 446 g/mol. The minimum Gasteiger partial charge on any atom is -0.480 e. The number of hydrogen-bond acceptors (Lipinski definition) is 8. The van der Waals surface area contributed by atoms with Crippen LogP contribution in [0.4, 0.5) is 0 Å². The number of Topliss-reactive ketones (excluding diaryl/α,β-unsaturated/α-hetero) is 1. The third kappa shape index (κ3) is 6.80. The van der Waals surface area contributed by atoms with Crippen molar-refractivity contribution >= 4 is 39.1 Å². The van der Waals surface area contributed by atoms with Crippen molar-refractivity contribution in [2.45, 2.75) is 36.4 Å². The molecule has 1 aromatic heterocycles. The Morgan fingerprint density at radius 1 is 1.29 bits per heavy atom. The zero-order valence-corrected chi connectivity index (χ0v) is 18.0. The van der Waals surface area contributed by atoms with Gasteiger partial charge in [-0.05, 0) is 36.8 Å². The van der Waals surface area contributed by atoms with Crippen molar-refractivity contribution in [3.63, 3.8) is 0 Å². The monoisotopic (exact) mass is 469 g/mol. The molecule has 0 amide bonds. The lowest BCUT2D eigenvalue weighted by atomic mass is 9.89. The molecule has 0 saturated heterocycles. The molecule has 31 heavy (non-hydrogen) atoms. The number of hydrogen-bond donors (Lipinski definition) is 7. The van der Waals surface area contributed by atoms with Crippen molar-refractivity contribution in [3.8, 4) is 0 Å². The van der Waals surface area contributed by atoms with Gasteiger partial charge in [-0.15, -0.1) is 0 Å². The van der Waals surface area contributed by atoms with Crippen LogP contribution in [0.15, 0.2) is 41.7 Å². The molecular formula is C17H23N7O5S2. The van der Waals surface area contributed by atoms with Crippen molar-refractivity contribution in [2.24, 2.45) is 10.9 Å². The summed E-state index contributed by atoms with van der Waals surface area (Å²) >= 11 is 5.12. The first kappa shape index (κ1) is 24.4. The number of sulfonamides is 1. The molecule has 9 N–H and O–H groups in total. The van der Waals surface area contributed by atoms with Crippen molar-refractivity contribution in [2.75, 3.05) is 0 Å². The molecule has 0 aliphatic carbocycles. The molecule has 1 heterocycles. The summed E-state index contributed by atoms with van der Waals surface area (Å²) < 4.78 is 22.6. The molecule has 0 bridgehead atoms. The number of carboxylic acid groups (broad SMARTS) is 1. The molecule has 14 heteroatoms. The zero-order valence-electron chi connectivity index (χ0n) is 16.4. The average Bonchev–Trinajstić information content (AvgIpc) is 3.22. The number of nitrogens with zero attached hydrogens (tertiary/aromatic N) is 1. The maximum Gasteiger partial charge on any atom is 0.323 e. The second kappa shape index (κ2) is 10.4. The highest BCUT2D eigenvalue weighted by Crippen LogP contribution is 2.20. The molecule has 0 aliphatic rings. The predicted molar refractivity (Wildman–Crippen MR) is 115 cm³/mol. The number of nitrogens with one attached hydrogen (secondary N) is 4. The number of primary sulfonamides is 1. The van der Waals surface area contributed by atoms with Crippen molar-refractivity contribution < 1.29 is 23.1 Å². The summed E-state index contributed by atoms with van der Waals surface area (Å²) in [5, 5.41) is 17.6. The van der Waals surface area contributed by atoms with E-state index in [0.717, 1.165) is 0 Å². The SMILES string of the molecule is CC(N)C(=O)C(c1cnc[nH]1)C(NNC(=S)NCc1ccc(S(N)(=O)=O)cc1)C(=O)O. The largest absolute Gasteiger partial charge is 0.480 e. The van der Waals surface area contributed by atoms with Gasteiger partial charge in [0.15, 0.2) is 10.9 Å². The van der Waals surface area contributed by atoms with Crippen LogP contribution in [0.5, 0.6) is 0 Å². The zero-order chi connectivity index (χ0) is 23.2. The molecule has 3 unspecified atom stereocenters. The standard InChI is InChI=1S/C17H23N7O5S2/c1-9(18)15(25)13(12-7-20-8-22-12)14(16(26)27)23-24-17(30)21-6-10-2-4-11(5-3-10)31(19,28)29/h2-5,7-9,13-14,23H,6,18H2,1H3,(H,20,22)(H,26,27)(H2,19,28,29)(H2,21,24,30). The van der Waals surface area contributed by atoms with Gasteiger partial charge in [0, 0.05) is 18.4 Å². The Labute approximate surface area is 183 Å². The second-order valence-corrected chi connectivity index (χ2v) is 8.60. The summed E-state index contributed by atoms with van der Waals surface area (Å²) in [4.78, 5) is 30.9. The van der Waals surface area contributed by atoms with Gasteiger partial charge >= 0.3 is 5.97 Å². The number of carboxylic acids is 1. The van der Waals surface area contributed by atoms with Crippen LogP contribution >= 0.6 is 12.2 Å². The average molecular weight is 470 g/mol. The normalized spacial score (nSPS) is 14.3. The Bertz CT molecular complexity index is 1020. The summed E-state index contributed by atoms with van der Waals surface area (Å²) in [7, 11) is -3.78. The van der Waals surface area contributed by atoms with Crippen molar-refractivity contribution in [1.29, 1.82) is 0 Å². The molecule has 2 rings (SSSR count). The maximum atomic E-state index is 12.5. The Balaban J connectivity index is 2.01. The highest BCUT2D eigenvalue weighted by molar-refractivity contribution is 7.89. The third-order valence-corrected chi connectivity index (χ3v) is 5.43. The number of benzene rings is 1. The Morgan fingerprint density at radius 2 is 1.94 bits per heavy atom. The summed E-state index contributed by atoms with van der Waals surface area (Å²) in [6.45, 7) is 1.68. The molecule has 0 radical (unpaired) electrons. The molecule has 3 atom stereocenters. The summed E-state index contributed by atoms with van der Waals surface area (Å²) in [5.41, 5.74) is 11.8. The van der Waals surface area contributed by atoms with E-state index >= 15 is 0 Å². The van der Waals surface area contributed by atoms with Gasteiger partial charge in [0.25, 0.3) is 0 Å². The van der Waals surface area contributed by atoms with E-state index in [1.807, 2.05) is 0 Å². The third-order valence-electron chi connectivity index (χ3n) is 4.26. The van der Waals surface area contributed by atoms with Crippen LogP contribution in [0, 0.1) is 0 Å². The van der Waals surface area contributed by atoms with Crippen LogP contribution in [-0.2, 0) is 26.2 Å². The van der Waals surface area contributed by atoms with Gasteiger partial charge in [0.2, 0.25) is 10.0 Å². The Hall–Kier alpha value is -2.91. The van der Waals surface area contributed by atoms with Crippen molar-refractivity contribution in [3.05, 3.63) is 48.0 Å². The number of carbonyl (C=O) groups excluding carboxylic acids is 1. The topological polar surface area (TPSA) is 205 Å². The first-order valence-corrected chi connectivity index (χ1v) is 10.9. The fourth-order valence-corrected chi connectivity index (χ4v) is 3.32. The van der Waals surface area contributed by atoms with Crippen LogP contribution < -0.4 is 27.0 Å². The number of hydrazine groups is 1. The maximum absolute atomic E-state index is 12.5. The van der Waals surface area contributed by atoms with Gasteiger partial charge < -0.3 is 21.1 Å². The van der Waals surface area contributed by atoms with Gasteiger partial charge in [-0.2, -0.15) is 0 Å². The molecule has 1 aromatic carbocycles. The lowest BCUT2D eigenvalue weighted by molar-refractivity contribution is -0.142. The number of aromatic amines is 1. The summed E-state index contributed by atoms with van der Waals surface area (Å²) in [5.74, 6) is -2.94. The number of H-pyrrole nitrogens is 1. The second-order valence-electron chi connectivity index (χ2n) is 6.63. The van der Waals surface area contributed by atoms with Gasteiger partial charge in [-0.25, -0.2) is 24.0 Å². The number of imidazole rings is 1. The fraction of sp³-hybridized carbons (Fsp3) is 0.294. The van der Waals surface area contributed by atoms with Crippen molar-refractivity contribution in [1.82, 2.24) is 26.1 Å². The molecule has 0 saturated carbocycles. The van der Waals surface area contributed by atoms with E-state index in [1.54, 1.807) is 12.1 Å². The molecule has 2 aromatic rings. The lowest BCUT2D eigenvalue weighted by Crippen LogP contribution is -2.56. The van der Waals surface area contributed by atoms with E-state index in [4.69, 9.17) is 23.1 Å². The highest BCUT2D eigenvalue weighted by Gasteiger charge is 2.37. The van der Waals surface area contributed by atoms with E-state index in [0.29, 0.717) is 5.56 Å². The summed E-state index contributed by atoms with van der Waals surface area (Å²) in [6.07, 6.45) is 2.68. The number of rotatable bonds is 10. The molecule has 0 aliphatic heterocycles. The van der Waals surface area contributed by atoms with Gasteiger partial charge in [0.1, 0.15) is 6.04 Å². The van der Waals surface area contributed by atoms with E-state index in [2.05, 4.69) is 26.1 Å². The lowest BCUT2D eigenvalue weighted by Gasteiger charge is -2.25. The van der Waals surface area contributed by atoms with Gasteiger partial charge in [-0.1, -0.05) is 12.1 Å². The van der Waals surface area contributed by atoms with Crippen LogP contribution in [0.1, 0.15) is 24.1 Å². The summed E-state index contributed by atoms with van der Waals surface area (Å²) in [6, 6.07) is 3.53. The number of ketones is 1. The van der Waals surface area contributed by atoms with Gasteiger partial charge in [-0.3, -0.25) is 15.0 Å². The predicted octanol–water partition coefficient (Wildman–Crippen LogP) is -1.32. The number of aliphatic carboxylic acids is 1. The number of thiocarbonyl (C=S) groups is 1. The van der Waals surface area contributed by atoms with Crippen LogP contribution in [-0.4, -0.2) is 52.4 Å². The highest BCUT2D eigenvalue weighted by atomic mass is 32.2. The fourth-order valence-electron chi connectivity index (χ4n) is 2.67. The minimum absolute atomic E-state index is 0.0217. The van der Waals surface area contributed by atoms with E-state index in [1.165, 1.54) is 31.6 Å². The Kier molecular flexibility index (Phi) is 8.18.